The Balaban J connectivity index is 1.69. The summed E-state index contributed by atoms with van der Waals surface area (Å²) >= 11 is 0. The Morgan fingerprint density at radius 2 is 1.76 bits per heavy atom. The quantitative estimate of drug-likeness (QED) is 0.208. The lowest BCUT2D eigenvalue weighted by atomic mass is 10.0. The summed E-state index contributed by atoms with van der Waals surface area (Å²) in [7, 11) is 0. The third kappa shape index (κ3) is 5.70. The molecule has 4 nitrogen and oxygen atoms in total. The zero-order chi connectivity index (χ0) is 23.9. The molecule has 34 heavy (non-hydrogen) atoms. The van der Waals surface area contributed by atoms with Crippen LogP contribution in [0.5, 0.6) is 5.75 Å². The first-order valence-electron chi connectivity index (χ1n) is 11.1. The Kier molecular flexibility index (Phi) is 7.38. The van der Waals surface area contributed by atoms with Gasteiger partial charge >= 0.3 is 12.6 Å². The van der Waals surface area contributed by atoms with E-state index in [-0.39, 0.29) is 11.7 Å². The van der Waals surface area contributed by atoms with Crippen molar-refractivity contribution in [2.24, 2.45) is 0 Å². The van der Waals surface area contributed by atoms with Gasteiger partial charge in [0.1, 0.15) is 5.75 Å². The van der Waals surface area contributed by atoms with Crippen LogP contribution in [-0.2, 0) is 22.4 Å². The van der Waals surface area contributed by atoms with Gasteiger partial charge in [-0.25, -0.2) is 4.79 Å². The van der Waals surface area contributed by atoms with Crippen LogP contribution in [0.4, 0.5) is 8.78 Å². The van der Waals surface area contributed by atoms with Crippen molar-refractivity contribution in [1.82, 2.24) is 4.57 Å². The van der Waals surface area contributed by atoms with Gasteiger partial charge in [-0.2, -0.15) is 8.78 Å². The van der Waals surface area contributed by atoms with Crippen LogP contribution in [0.1, 0.15) is 23.6 Å². The predicted octanol–water partition coefficient (Wildman–Crippen LogP) is 6.59. The number of carbonyl (C=O) groups excluding carboxylic acids is 1. The number of rotatable bonds is 9. The number of nitrogens with zero attached hydrogens (tertiary/aromatic N) is 1. The molecular formula is C28H25F2NO3. The van der Waals surface area contributed by atoms with Crippen LogP contribution in [0.3, 0.4) is 0 Å². The summed E-state index contributed by atoms with van der Waals surface area (Å²) in [5.74, 6) is -0.263. The molecule has 0 aliphatic heterocycles. The predicted molar refractivity (Wildman–Crippen MR) is 129 cm³/mol. The van der Waals surface area contributed by atoms with Crippen LogP contribution in [0.25, 0.3) is 22.7 Å². The first-order valence-corrected chi connectivity index (χ1v) is 11.1. The van der Waals surface area contributed by atoms with E-state index in [1.54, 1.807) is 25.1 Å². The number of halogens is 2. The average Bonchev–Trinajstić information content (AvgIpc) is 3.20. The molecular weight excluding hydrogens is 436 g/mol. The summed E-state index contributed by atoms with van der Waals surface area (Å²) in [5.41, 5.74) is 5.11. The second-order valence-corrected chi connectivity index (χ2v) is 7.74. The number of aryl methyl sites for hydroxylation is 2. The first kappa shape index (κ1) is 23.2. The molecule has 0 spiro atoms. The minimum Gasteiger partial charge on any atom is -0.463 e. The largest absolute Gasteiger partial charge is 0.463 e. The molecule has 4 aromatic rings. The van der Waals surface area contributed by atoms with E-state index in [0.29, 0.717) is 6.61 Å². The fourth-order valence-corrected chi connectivity index (χ4v) is 3.90. The van der Waals surface area contributed by atoms with Gasteiger partial charge < -0.3 is 14.0 Å². The first-order chi connectivity index (χ1) is 16.5. The number of hydrogen-bond donors (Lipinski definition) is 0. The highest BCUT2D eigenvalue weighted by molar-refractivity contribution is 5.91. The highest BCUT2D eigenvalue weighted by atomic mass is 19.3. The molecule has 1 heterocycles. The molecule has 0 fully saturated rings. The minimum absolute atomic E-state index is 0.117. The summed E-state index contributed by atoms with van der Waals surface area (Å²) in [6, 6.07) is 22.8. The van der Waals surface area contributed by atoms with Gasteiger partial charge in [-0.3, -0.25) is 0 Å². The van der Waals surface area contributed by atoms with Crippen LogP contribution >= 0.6 is 0 Å². The molecule has 0 bridgehead atoms. The average molecular weight is 462 g/mol. The number of benzene rings is 3. The third-order valence-corrected chi connectivity index (χ3v) is 5.48. The van der Waals surface area contributed by atoms with Crippen molar-refractivity contribution in [2.45, 2.75) is 26.4 Å². The Morgan fingerprint density at radius 3 is 2.47 bits per heavy atom. The molecule has 1 aromatic heterocycles. The van der Waals surface area contributed by atoms with Gasteiger partial charge in [-0.1, -0.05) is 36.4 Å². The molecule has 3 aromatic carbocycles. The van der Waals surface area contributed by atoms with Gasteiger partial charge in [0.25, 0.3) is 0 Å². The van der Waals surface area contributed by atoms with E-state index in [2.05, 4.69) is 29.1 Å². The fraction of sp³-hybridized carbons (Fsp3) is 0.179. The van der Waals surface area contributed by atoms with Crippen molar-refractivity contribution >= 4 is 22.9 Å². The van der Waals surface area contributed by atoms with E-state index < -0.39 is 6.61 Å². The van der Waals surface area contributed by atoms with Gasteiger partial charge in [-0.05, 0) is 78.9 Å². The standard InChI is InChI=1S/C28H25F2NO3/c1-2-33-27(32)17-10-21-9-16-26-25(18-21)22(11-8-20-6-4-3-5-7-20)19-31(26)23-12-14-24(15-13-23)34-28(29)30/h3-7,9-10,12-19,28H,2,8,11H2,1H3/b17-10+. The molecule has 0 saturated carbocycles. The number of carbonyl (C=O) groups is 1. The van der Waals surface area contributed by atoms with Crippen LogP contribution in [-0.4, -0.2) is 23.8 Å². The third-order valence-electron chi connectivity index (χ3n) is 5.48. The SMILES string of the molecule is CCOC(=O)/C=C/c1ccc2c(c1)c(CCc1ccccc1)cn2-c1ccc(OC(F)F)cc1. The zero-order valence-corrected chi connectivity index (χ0v) is 18.8. The molecule has 6 heteroatoms. The molecule has 0 atom stereocenters. The topological polar surface area (TPSA) is 40.5 Å². The van der Waals surface area contributed by atoms with Crippen LogP contribution in [0.15, 0.2) is 85.1 Å². The number of fused-ring (bicyclic) bond motifs is 1. The number of aromatic nitrogens is 1. The molecule has 0 aliphatic carbocycles. The molecule has 0 radical (unpaired) electrons. The summed E-state index contributed by atoms with van der Waals surface area (Å²) in [5, 5.41) is 1.06. The van der Waals surface area contributed by atoms with Gasteiger partial charge in [-0.15, -0.1) is 0 Å². The van der Waals surface area contributed by atoms with Gasteiger partial charge in [0.15, 0.2) is 0 Å². The van der Waals surface area contributed by atoms with Crippen molar-refractivity contribution in [3.8, 4) is 11.4 Å². The van der Waals surface area contributed by atoms with E-state index in [1.807, 2.05) is 34.9 Å². The maximum absolute atomic E-state index is 12.5. The Hall–Kier alpha value is -3.93. The van der Waals surface area contributed by atoms with Gasteiger partial charge in [0, 0.05) is 23.3 Å². The smallest absolute Gasteiger partial charge is 0.387 e. The van der Waals surface area contributed by atoms with E-state index in [4.69, 9.17) is 4.74 Å². The van der Waals surface area contributed by atoms with Crippen molar-refractivity contribution in [1.29, 1.82) is 0 Å². The Labute approximate surface area is 197 Å². The second-order valence-electron chi connectivity index (χ2n) is 7.74. The molecule has 0 unspecified atom stereocenters. The Morgan fingerprint density at radius 1 is 1.00 bits per heavy atom. The van der Waals surface area contributed by atoms with Crippen LogP contribution in [0, 0.1) is 0 Å². The van der Waals surface area contributed by atoms with E-state index in [9.17, 15) is 13.6 Å². The van der Waals surface area contributed by atoms with Crippen molar-refractivity contribution < 1.29 is 23.0 Å². The maximum Gasteiger partial charge on any atom is 0.387 e. The molecule has 0 N–H and O–H groups in total. The van der Waals surface area contributed by atoms with Crippen LogP contribution < -0.4 is 4.74 Å². The summed E-state index contributed by atoms with van der Waals surface area (Å²) < 4.78 is 36.5. The molecule has 0 amide bonds. The lowest BCUT2D eigenvalue weighted by Gasteiger charge is -2.08. The van der Waals surface area contributed by atoms with Gasteiger partial charge in [0.2, 0.25) is 0 Å². The van der Waals surface area contributed by atoms with Gasteiger partial charge in [0.05, 0.1) is 12.1 Å². The number of esters is 1. The summed E-state index contributed by atoms with van der Waals surface area (Å²) in [6.45, 7) is -0.759. The molecule has 0 saturated heterocycles. The van der Waals surface area contributed by atoms with E-state index in [1.165, 1.54) is 23.8 Å². The monoisotopic (exact) mass is 461 g/mol. The minimum atomic E-state index is -2.86. The van der Waals surface area contributed by atoms with Crippen molar-refractivity contribution in [3.63, 3.8) is 0 Å². The highest BCUT2D eigenvalue weighted by Gasteiger charge is 2.12. The lowest BCUT2D eigenvalue weighted by molar-refractivity contribution is -0.137. The number of ether oxygens (including phenoxy) is 2. The summed E-state index contributed by atoms with van der Waals surface area (Å²) in [4.78, 5) is 11.7. The maximum atomic E-state index is 12.5. The summed E-state index contributed by atoms with van der Waals surface area (Å²) in [6.07, 6.45) is 6.95. The van der Waals surface area contributed by atoms with Crippen molar-refractivity contribution in [2.75, 3.05) is 6.61 Å². The Bertz CT molecular complexity index is 1280. The number of alkyl halides is 2. The lowest BCUT2D eigenvalue weighted by Crippen LogP contribution is -2.02. The van der Waals surface area contributed by atoms with E-state index in [0.717, 1.165) is 40.6 Å². The zero-order valence-electron chi connectivity index (χ0n) is 18.8. The molecule has 174 valence electrons. The highest BCUT2D eigenvalue weighted by Crippen LogP contribution is 2.29. The number of hydrogen-bond acceptors (Lipinski definition) is 3. The van der Waals surface area contributed by atoms with E-state index >= 15 is 0 Å². The fourth-order valence-electron chi connectivity index (χ4n) is 3.90. The molecule has 0 aliphatic rings. The second kappa shape index (κ2) is 10.8. The normalized spacial score (nSPS) is 11.4. The van der Waals surface area contributed by atoms with Crippen molar-refractivity contribution in [3.05, 3.63) is 102 Å². The van der Waals surface area contributed by atoms with Crippen LogP contribution in [0.2, 0.25) is 0 Å². The molecule has 4 rings (SSSR count).